The van der Waals surface area contributed by atoms with Crippen LogP contribution in [0.1, 0.15) is 17.5 Å². The number of methoxy groups -OCH3 is 1. The molecule has 2 rings (SSSR count). The molecule has 2 aromatic carbocycles. The van der Waals surface area contributed by atoms with Crippen LogP contribution in [0.5, 0.6) is 5.75 Å². The topological polar surface area (TPSA) is 50.4 Å². The zero-order valence-corrected chi connectivity index (χ0v) is 14.8. The molecule has 0 spiro atoms. The van der Waals surface area contributed by atoms with Crippen LogP contribution < -0.4 is 15.4 Å². The van der Waals surface area contributed by atoms with Crippen molar-refractivity contribution in [1.82, 2.24) is 5.32 Å². The van der Waals surface area contributed by atoms with E-state index in [0.29, 0.717) is 18.0 Å². The summed E-state index contributed by atoms with van der Waals surface area (Å²) in [6, 6.07) is 13.5. The van der Waals surface area contributed by atoms with Crippen molar-refractivity contribution in [2.75, 3.05) is 25.5 Å². The van der Waals surface area contributed by atoms with Crippen LogP contribution in [0.3, 0.4) is 0 Å². The van der Waals surface area contributed by atoms with Gasteiger partial charge in [-0.1, -0.05) is 29.8 Å². The van der Waals surface area contributed by atoms with Crippen LogP contribution in [0.15, 0.2) is 42.5 Å². The van der Waals surface area contributed by atoms with Gasteiger partial charge in [-0.3, -0.25) is 4.79 Å². The second-order valence-corrected chi connectivity index (χ2v) is 5.97. The number of hydrogen-bond acceptors (Lipinski definition) is 3. The van der Waals surface area contributed by atoms with Crippen molar-refractivity contribution < 1.29 is 9.53 Å². The largest absolute Gasteiger partial charge is 0.497 e. The zero-order valence-electron chi connectivity index (χ0n) is 14.1. The Balaban J connectivity index is 1.68. The summed E-state index contributed by atoms with van der Waals surface area (Å²) in [5.74, 6) is 0.845. The Labute approximate surface area is 148 Å². The molecule has 0 heterocycles. The minimum atomic E-state index is -0.0192. The summed E-state index contributed by atoms with van der Waals surface area (Å²) in [7, 11) is 1.66. The van der Waals surface area contributed by atoms with E-state index < -0.39 is 0 Å². The average Bonchev–Trinajstić information content (AvgIpc) is 2.59. The van der Waals surface area contributed by atoms with Crippen molar-refractivity contribution >= 4 is 23.2 Å². The molecule has 0 radical (unpaired) electrons. The number of rotatable bonds is 8. The summed E-state index contributed by atoms with van der Waals surface area (Å²) in [4.78, 5) is 12.0. The molecule has 5 heteroatoms. The average molecular weight is 347 g/mol. The highest BCUT2D eigenvalue weighted by atomic mass is 35.5. The molecule has 0 saturated carbocycles. The molecule has 0 unspecified atom stereocenters. The Hall–Kier alpha value is -2.04. The first-order chi connectivity index (χ1) is 11.6. The number of nitrogens with one attached hydrogen (secondary N) is 2. The lowest BCUT2D eigenvalue weighted by Crippen LogP contribution is -2.23. The van der Waals surface area contributed by atoms with Gasteiger partial charge in [0.05, 0.1) is 7.11 Å². The first kappa shape index (κ1) is 18.3. The van der Waals surface area contributed by atoms with Crippen LogP contribution in [0.2, 0.25) is 5.02 Å². The van der Waals surface area contributed by atoms with E-state index in [1.54, 1.807) is 7.11 Å². The van der Waals surface area contributed by atoms with E-state index in [1.165, 1.54) is 5.56 Å². The van der Waals surface area contributed by atoms with Crippen LogP contribution in [0, 0.1) is 6.92 Å². The fourth-order valence-electron chi connectivity index (χ4n) is 2.34. The molecule has 2 aromatic rings. The lowest BCUT2D eigenvalue weighted by molar-refractivity contribution is -0.116. The van der Waals surface area contributed by atoms with Crippen molar-refractivity contribution in [1.29, 1.82) is 0 Å². The highest BCUT2D eigenvalue weighted by Gasteiger charge is 2.06. The molecule has 4 nitrogen and oxygen atoms in total. The third-order valence-corrected chi connectivity index (χ3v) is 4.20. The van der Waals surface area contributed by atoms with Crippen molar-refractivity contribution in [3.05, 3.63) is 58.6 Å². The summed E-state index contributed by atoms with van der Waals surface area (Å²) in [6.45, 7) is 3.34. The Bertz CT molecular complexity index is 689. The van der Waals surface area contributed by atoms with Gasteiger partial charge >= 0.3 is 0 Å². The predicted octanol–water partition coefficient (Wildman–Crippen LogP) is 3.82. The highest BCUT2D eigenvalue weighted by Crippen LogP contribution is 2.22. The second-order valence-electron chi connectivity index (χ2n) is 5.56. The Morgan fingerprint density at radius 2 is 1.96 bits per heavy atom. The van der Waals surface area contributed by atoms with Gasteiger partial charge in [0.15, 0.2) is 0 Å². The van der Waals surface area contributed by atoms with Crippen LogP contribution in [0.4, 0.5) is 5.69 Å². The summed E-state index contributed by atoms with van der Waals surface area (Å²) >= 11 is 6.05. The van der Waals surface area contributed by atoms with E-state index in [4.69, 9.17) is 16.3 Å². The molecular weight excluding hydrogens is 324 g/mol. The fraction of sp³-hybridized carbons (Fsp3) is 0.316. The van der Waals surface area contributed by atoms with Gasteiger partial charge < -0.3 is 15.4 Å². The summed E-state index contributed by atoms with van der Waals surface area (Å²) in [5.41, 5.74) is 2.86. The second kappa shape index (κ2) is 9.30. The number of hydrogen-bond donors (Lipinski definition) is 2. The summed E-state index contributed by atoms with van der Waals surface area (Å²) in [5, 5.41) is 6.84. The van der Waals surface area contributed by atoms with Gasteiger partial charge in [-0.05, 0) is 55.3 Å². The molecule has 0 aromatic heterocycles. The van der Waals surface area contributed by atoms with E-state index in [0.717, 1.165) is 30.0 Å². The number of carbonyl (C=O) groups excluding carboxylic acids is 1. The maximum Gasteiger partial charge on any atom is 0.225 e. The monoisotopic (exact) mass is 346 g/mol. The molecule has 0 saturated heterocycles. The maximum absolute atomic E-state index is 12.0. The molecule has 0 aliphatic rings. The number of halogens is 1. The molecule has 24 heavy (non-hydrogen) atoms. The van der Waals surface area contributed by atoms with Crippen LogP contribution in [-0.4, -0.2) is 26.1 Å². The first-order valence-electron chi connectivity index (χ1n) is 7.99. The minimum Gasteiger partial charge on any atom is -0.497 e. The van der Waals surface area contributed by atoms with Gasteiger partial charge in [-0.2, -0.15) is 0 Å². The molecule has 0 bridgehead atoms. The van der Waals surface area contributed by atoms with Gasteiger partial charge in [-0.15, -0.1) is 0 Å². The van der Waals surface area contributed by atoms with E-state index in [9.17, 15) is 4.79 Å². The van der Waals surface area contributed by atoms with Crippen LogP contribution >= 0.6 is 11.6 Å². The van der Waals surface area contributed by atoms with Crippen molar-refractivity contribution in [3.63, 3.8) is 0 Å². The van der Waals surface area contributed by atoms with Gasteiger partial charge in [0.1, 0.15) is 5.75 Å². The molecule has 1 amide bonds. The number of anilines is 1. The van der Waals surface area contributed by atoms with E-state index >= 15 is 0 Å². The number of carbonyl (C=O) groups is 1. The Morgan fingerprint density at radius 1 is 1.17 bits per heavy atom. The van der Waals surface area contributed by atoms with Gasteiger partial charge in [0.25, 0.3) is 0 Å². The molecule has 128 valence electrons. The van der Waals surface area contributed by atoms with E-state index in [1.807, 2.05) is 43.3 Å². The highest BCUT2D eigenvalue weighted by molar-refractivity contribution is 6.31. The molecule has 2 N–H and O–H groups in total. The SMILES string of the molecule is COc1cccc(CCNCCC(=O)Nc2cccc(Cl)c2C)c1. The standard InChI is InChI=1S/C19H23ClN2O2/c1-14-17(20)7-4-8-18(14)22-19(23)10-12-21-11-9-15-5-3-6-16(13-15)24-2/h3-8,13,21H,9-12H2,1-2H3,(H,22,23). The number of benzene rings is 2. The predicted molar refractivity (Wildman–Crippen MR) is 99.0 cm³/mol. The third kappa shape index (κ3) is 5.55. The molecule has 0 fully saturated rings. The number of ether oxygens (including phenoxy) is 1. The van der Waals surface area contributed by atoms with Crippen molar-refractivity contribution in [3.8, 4) is 5.75 Å². The third-order valence-electron chi connectivity index (χ3n) is 3.80. The molecule has 0 atom stereocenters. The van der Waals surface area contributed by atoms with Crippen molar-refractivity contribution in [2.24, 2.45) is 0 Å². The molecular formula is C19H23ClN2O2. The van der Waals surface area contributed by atoms with E-state index in [2.05, 4.69) is 16.7 Å². The molecule has 0 aliphatic carbocycles. The van der Waals surface area contributed by atoms with Gasteiger partial charge in [0.2, 0.25) is 5.91 Å². The lowest BCUT2D eigenvalue weighted by atomic mass is 10.1. The van der Waals surface area contributed by atoms with Crippen LogP contribution in [-0.2, 0) is 11.2 Å². The normalized spacial score (nSPS) is 10.5. The maximum atomic E-state index is 12.0. The Kier molecular flexibility index (Phi) is 7.09. The number of amides is 1. The Morgan fingerprint density at radius 3 is 2.75 bits per heavy atom. The fourth-order valence-corrected chi connectivity index (χ4v) is 2.52. The summed E-state index contributed by atoms with van der Waals surface area (Å²) in [6.07, 6.45) is 1.32. The first-order valence-corrected chi connectivity index (χ1v) is 8.36. The van der Waals surface area contributed by atoms with Crippen LogP contribution in [0.25, 0.3) is 0 Å². The zero-order chi connectivity index (χ0) is 17.4. The van der Waals surface area contributed by atoms with Crippen molar-refractivity contribution in [2.45, 2.75) is 19.8 Å². The minimum absolute atomic E-state index is 0.0192. The van der Waals surface area contributed by atoms with Gasteiger partial charge in [0, 0.05) is 23.7 Å². The summed E-state index contributed by atoms with van der Waals surface area (Å²) < 4.78 is 5.21. The van der Waals surface area contributed by atoms with E-state index in [-0.39, 0.29) is 5.91 Å². The van der Waals surface area contributed by atoms with Gasteiger partial charge in [-0.25, -0.2) is 0 Å². The smallest absolute Gasteiger partial charge is 0.225 e. The quantitative estimate of drug-likeness (QED) is 0.714. The lowest BCUT2D eigenvalue weighted by Gasteiger charge is -2.10. The molecule has 0 aliphatic heterocycles.